The van der Waals surface area contributed by atoms with Gasteiger partial charge in [0.1, 0.15) is 0 Å². The Balaban J connectivity index is 2.33. The molecule has 0 spiro atoms. The first-order chi connectivity index (χ1) is 14.0. The van der Waals surface area contributed by atoms with Crippen molar-refractivity contribution in [3.8, 4) is 11.3 Å². The molecule has 154 valence electrons. The van der Waals surface area contributed by atoms with Crippen LogP contribution in [0.2, 0.25) is 0 Å². The summed E-state index contributed by atoms with van der Waals surface area (Å²) < 4.78 is 81.2. The predicted molar refractivity (Wildman–Crippen MR) is 97.9 cm³/mol. The number of nitrogens with zero attached hydrogens (tertiary/aromatic N) is 2. The van der Waals surface area contributed by atoms with Crippen LogP contribution in [0.5, 0.6) is 0 Å². The number of hydrogen-bond donors (Lipinski definition) is 0. The van der Waals surface area contributed by atoms with Crippen molar-refractivity contribution in [2.24, 2.45) is 0 Å². The standard InChI is InChI=1S/C21H12F6N2O/c1-28-18-16(21(25,26)27)11-17(13-7-3-2-4-8-13)29(19(18)30)12-14-9-5-6-10-15(14)20(22,23)24/h2-11H,12H2. The lowest BCUT2D eigenvalue weighted by Crippen LogP contribution is -2.26. The Kier molecular flexibility index (Phi) is 5.44. The van der Waals surface area contributed by atoms with Crippen molar-refractivity contribution < 1.29 is 26.3 Å². The zero-order chi connectivity index (χ0) is 22.1. The van der Waals surface area contributed by atoms with E-state index in [0.717, 1.165) is 16.7 Å². The van der Waals surface area contributed by atoms with Crippen LogP contribution in [0.15, 0.2) is 65.5 Å². The highest BCUT2D eigenvalue weighted by Gasteiger charge is 2.37. The smallest absolute Gasteiger partial charge is 0.313 e. The highest BCUT2D eigenvalue weighted by molar-refractivity contribution is 5.66. The van der Waals surface area contributed by atoms with Gasteiger partial charge in [-0.25, -0.2) is 4.85 Å². The molecule has 0 amide bonds. The summed E-state index contributed by atoms with van der Waals surface area (Å²) in [5, 5.41) is 0. The molecule has 0 aliphatic heterocycles. The zero-order valence-electron chi connectivity index (χ0n) is 15.1. The number of halogens is 6. The van der Waals surface area contributed by atoms with Crippen molar-refractivity contribution in [3.05, 3.63) is 99.1 Å². The maximum atomic E-state index is 13.4. The van der Waals surface area contributed by atoms with Crippen molar-refractivity contribution in [3.63, 3.8) is 0 Å². The summed E-state index contributed by atoms with van der Waals surface area (Å²) in [4.78, 5) is 15.5. The first-order valence-electron chi connectivity index (χ1n) is 8.47. The van der Waals surface area contributed by atoms with Crippen LogP contribution in [0.3, 0.4) is 0 Å². The van der Waals surface area contributed by atoms with E-state index in [1.165, 1.54) is 36.4 Å². The van der Waals surface area contributed by atoms with Crippen LogP contribution in [0, 0.1) is 6.57 Å². The Morgan fingerprint density at radius 2 is 1.40 bits per heavy atom. The Labute approximate surface area is 166 Å². The van der Waals surface area contributed by atoms with Gasteiger partial charge in [-0.15, -0.1) is 0 Å². The second-order valence-electron chi connectivity index (χ2n) is 6.31. The van der Waals surface area contributed by atoms with Gasteiger partial charge in [0, 0.05) is 5.69 Å². The Bertz CT molecular complexity index is 1170. The summed E-state index contributed by atoms with van der Waals surface area (Å²) in [5.41, 5.74) is -5.29. The minimum Gasteiger partial charge on any atom is -0.313 e. The number of aromatic nitrogens is 1. The fourth-order valence-electron chi connectivity index (χ4n) is 3.07. The highest BCUT2D eigenvalue weighted by Crippen LogP contribution is 2.38. The van der Waals surface area contributed by atoms with Crippen LogP contribution in [0.25, 0.3) is 16.1 Å². The van der Waals surface area contributed by atoms with Crippen LogP contribution >= 0.6 is 0 Å². The second kappa shape index (κ2) is 7.71. The fraction of sp³-hybridized carbons (Fsp3) is 0.143. The summed E-state index contributed by atoms with van der Waals surface area (Å²) in [6, 6.07) is 12.6. The molecule has 0 N–H and O–H groups in total. The summed E-state index contributed by atoms with van der Waals surface area (Å²) in [5.74, 6) is 0. The van der Waals surface area contributed by atoms with E-state index in [9.17, 15) is 31.1 Å². The van der Waals surface area contributed by atoms with Gasteiger partial charge < -0.3 is 4.57 Å². The zero-order valence-corrected chi connectivity index (χ0v) is 15.1. The molecule has 9 heteroatoms. The average molecular weight is 422 g/mol. The van der Waals surface area contributed by atoms with Gasteiger partial charge >= 0.3 is 12.4 Å². The molecule has 2 aromatic carbocycles. The number of alkyl halides is 6. The predicted octanol–water partition coefficient (Wildman–Crippen LogP) is 6.15. The minimum absolute atomic E-state index is 0.195. The number of benzene rings is 2. The third-order valence-electron chi connectivity index (χ3n) is 4.41. The first-order valence-corrected chi connectivity index (χ1v) is 8.47. The molecule has 0 bridgehead atoms. The molecule has 0 atom stereocenters. The molecule has 1 aromatic heterocycles. The Morgan fingerprint density at radius 3 is 1.97 bits per heavy atom. The molecule has 3 nitrogen and oxygen atoms in total. The minimum atomic E-state index is -4.98. The van der Waals surface area contributed by atoms with Crippen molar-refractivity contribution in [1.29, 1.82) is 0 Å². The fourth-order valence-corrected chi connectivity index (χ4v) is 3.07. The normalized spacial score (nSPS) is 11.9. The van der Waals surface area contributed by atoms with Crippen molar-refractivity contribution in [1.82, 2.24) is 4.57 Å². The molecule has 0 aliphatic carbocycles. The van der Waals surface area contributed by atoms with Gasteiger partial charge in [-0.1, -0.05) is 48.5 Å². The molecule has 0 saturated carbocycles. The van der Waals surface area contributed by atoms with Gasteiger partial charge in [-0.2, -0.15) is 26.3 Å². The van der Waals surface area contributed by atoms with Gasteiger partial charge in [0.05, 0.1) is 24.2 Å². The largest absolute Gasteiger partial charge is 0.416 e. The maximum absolute atomic E-state index is 13.4. The van der Waals surface area contributed by atoms with E-state index in [-0.39, 0.29) is 16.8 Å². The van der Waals surface area contributed by atoms with E-state index in [1.807, 2.05) is 0 Å². The molecule has 3 aromatic rings. The van der Waals surface area contributed by atoms with Gasteiger partial charge in [0.25, 0.3) is 11.2 Å². The van der Waals surface area contributed by atoms with Crippen LogP contribution in [0.1, 0.15) is 16.7 Å². The van der Waals surface area contributed by atoms with Crippen LogP contribution in [0.4, 0.5) is 32.0 Å². The lowest BCUT2D eigenvalue weighted by Gasteiger charge is -2.19. The average Bonchev–Trinajstić information content (AvgIpc) is 2.68. The van der Waals surface area contributed by atoms with Crippen LogP contribution < -0.4 is 5.56 Å². The quantitative estimate of drug-likeness (QED) is 0.367. The summed E-state index contributed by atoms with van der Waals surface area (Å²) in [7, 11) is 0. The van der Waals surface area contributed by atoms with E-state index in [0.29, 0.717) is 6.07 Å². The monoisotopic (exact) mass is 422 g/mol. The Hall–Kier alpha value is -3.54. The van der Waals surface area contributed by atoms with E-state index in [1.54, 1.807) is 6.07 Å². The molecule has 30 heavy (non-hydrogen) atoms. The van der Waals surface area contributed by atoms with E-state index >= 15 is 0 Å². The summed E-state index contributed by atoms with van der Waals surface area (Å²) >= 11 is 0. The second-order valence-corrected chi connectivity index (χ2v) is 6.31. The van der Waals surface area contributed by atoms with E-state index < -0.39 is 41.3 Å². The maximum Gasteiger partial charge on any atom is 0.416 e. The molecule has 3 rings (SSSR count). The first kappa shape index (κ1) is 21.2. The number of rotatable bonds is 3. The van der Waals surface area contributed by atoms with Crippen molar-refractivity contribution in [2.45, 2.75) is 18.9 Å². The molecule has 0 fully saturated rings. The van der Waals surface area contributed by atoms with E-state index in [4.69, 9.17) is 6.57 Å². The van der Waals surface area contributed by atoms with E-state index in [2.05, 4.69) is 4.85 Å². The van der Waals surface area contributed by atoms with Gasteiger partial charge in [-0.3, -0.25) is 4.79 Å². The lowest BCUT2D eigenvalue weighted by molar-refractivity contribution is -0.138. The van der Waals surface area contributed by atoms with Crippen molar-refractivity contribution in [2.75, 3.05) is 0 Å². The lowest BCUT2D eigenvalue weighted by atomic mass is 10.0. The third-order valence-corrected chi connectivity index (χ3v) is 4.41. The molecule has 0 saturated heterocycles. The molecule has 0 unspecified atom stereocenters. The number of hydrogen-bond acceptors (Lipinski definition) is 1. The summed E-state index contributed by atoms with van der Waals surface area (Å²) in [6.07, 6.45) is -9.70. The molecule has 1 heterocycles. The van der Waals surface area contributed by atoms with Gasteiger partial charge in [0.15, 0.2) is 0 Å². The van der Waals surface area contributed by atoms with Gasteiger partial charge in [-0.05, 0) is 23.3 Å². The third kappa shape index (κ3) is 4.08. The topological polar surface area (TPSA) is 26.4 Å². The SMILES string of the molecule is [C-]#[N+]c1c(C(F)(F)F)cc(-c2ccccc2)n(Cc2ccccc2C(F)(F)F)c1=O. The Morgan fingerprint density at radius 1 is 0.833 bits per heavy atom. The van der Waals surface area contributed by atoms with Crippen LogP contribution in [-0.4, -0.2) is 4.57 Å². The molecule has 0 radical (unpaired) electrons. The van der Waals surface area contributed by atoms with Crippen molar-refractivity contribution >= 4 is 5.69 Å². The highest BCUT2D eigenvalue weighted by atomic mass is 19.4. The van der Waals surface area contributed by atoms with Gasteiger partial charge in [0.2, 0.25) is 0 Å². The van der Waals surface area contributed by atoms with Crippen LogP contribution in [-0.2, 0) is 18.9 Å². The molecule has 0 aliphatic rings. The molecular weight excluding hydrogens is 410 g/mol. The molecular formula is C21H12F6N2O. The summed E-state index contributed by atoms with van der Waals surface area (Å²) in [6.45, 7) is 6.38. The number of pyridine rings is 1.